The zero-order valence-electron chi connectivity index (χ0n) is 28.1. The zero-order valence-corrected chi connectivity index (χ0v) is 28.9. The lowest BCUT2D eigenvalue weighted by Gasteiger charge is -2.31. The molecule has 0 saturated carbocycles. The number of anilines is 2. The molecule has 1 fully saturated rings. The van der Waals surface area contributed by atoms with Gasteiger partial charge in [-0.1, -0.05) is 18.2 Å². The molecule has 50 heavy (non-hydrogen) atoms. The number of nitrogens with zero attached hydrogens (tertiary/aromatic N) is 5. The summed E-state index contributed by atoms with van der Waals surface area (Å²) in [6.07, 6.45) is 1.10. The van der Waals surface area contributed by atoms with Gasteiger partial charge in [0.2, 0.25) is 5.95 Å². The lowest BCUT2D eigenvalue weighted by molar-refractivity contribution is 0.0224. The molecule has 1 saturated heterocycles. The van der Waals surface area contributed by atoms with Gasteiger partial charge in [0.1, 0.15) is 23.2 Å². The van der Waals surface area contributed by atoms with Crippen LogP contribution in [0, 0.1) is 11.6 Å². The number of fused-ring (bicyclic) bond motifs is 2. The maximum Gasteiger partial charge on any atom is 0.410 e. The fraction of sp³-hybridized carbons (Fsp3) is 0.412. The van der Waals surface area contributed by atoms with Crippen LogP contribution < -0.4 is 15.6 Å². The minimum atomic E-state index is -4.33. The van der Waals surface area contributed by atoms with E-state index in [2.05, 4.69) is 32.1 Å². The highest BCUT2D eigenvalue weighted by Gasteiger charge is 2.33. The number of benzene rings is 2. The van der Waals surface area contributed by atoms with Gasteiger partial charge in [0.25, 0.3) is 5.56 Å². The van der Waals surface area contributed by atoms with Gasteiger partial charge in [0.05, 0.1) is 16.8 Å². The molecule has 1 amide bonds. The van der Waals surface area contributed by atoms with Crippen molar-refractivity contribution in [1.82, 2.24) is 23.7 Å². The Labute approximate surface area is 287 Å². The number of carbonyl (C=O) groups is 1. The molecule has 2 aliphatic rings. The summed E-state index contributed by atoms with van der Waals surface area (Å²) in [5.74, 6) is -2.13. The first-order valence-electron chi connectivity index (χ1n) is 16.2. The predicted octanol–water partition coefficient (Wildman–Crippen LogP) is 4.92. The van der Waals surface area contributed by atoms with Crippen LogP contribution in [0.3, 0.4) is 0 Å². The normalized spacial score (nSPS) is 16.8. The van der Waals surface area contributed by atoms with Crippen molar-refractivity contribution in [2.45, 2.75) is 58.4 Å². The summed E-state index contributed by atoms with van der Waals surface area (Å²) < 4.78 is 79.4. The first kappa shape index (κ1) is 35.1. The van der Waals surface area contributed by atoms with E-state index in [1.54, 1.807) is 4.90 Å². The Bertz CT molecular complexity index is 2140. The number of carbonyl (C=O) groups excluding carboxylic acids is 1. The highest BCUT2D eigenvalue weighted by atomic mass is 32.2. The van der Waals surface area contributed by atoms with Gasteiger partial charge in [0.15, 0.2) is 5.82 Å². The quantitative estimate of drug-likeness (QED) is 0.263. The molecule has 4 aromatic rings. The van der Waals surface area contributed by atoms with Crippen molar-refractivity contribution in [3.63, 3.8) is 0 Å². The van der Waals surface area contributed by atoms with E-state index >= 15 is 8.78 Å². The monoisotopic (exact) mass is 713 g/mol. The third-order valence-corrected chi connectivity index (χ3v) is 10.1. The molecule has 16 heteroatoms. The van der Waals surface area contributed by atoms with Crippen LogP contribution >= 0.6 is 0 Å². The topological polar surface area (TPSA) is 139 Å². The van der Waals surface area contributed by atoms with Crippen LogP contribution in [0.15, 0.2) is 47.4 Å². The molecule has 4 heterocycles. The number of hydrogen-bond acceptors (Lipinski definition) is 8. The number of halogens is 3. The molecule has 1 atom stereocenters. The van der Waals surface area contributed by atoms with Crippen molar-refractivity contribution in [3.05, 3.63) is 81.3 Å². The van der Waals surface area contributed by atoms with Crippen LogP contribution in [0.25, 0.3) is 22.2 Å². The molecular weight excluding hydrogens is 675 g/mol. The van der Waals surface area contributed by atoms with Crippen LogP contribution in [-0.2, 0) is 41.4 Å². The van der Waals surface area contributed by atoms with Gasteiger partial charge in [-0.2, -0.15) is 17.7 Å². The standard InChI is InChI=1S/C34H38F3N7O5S/c1-34(2,3)49-33(46)43-13-10-21-6-5-20(15-23(21)18-43)9-12-38-32-39-17-22-16-25(31(45)42(4)30(22)40-32)28-26(36)7-8-27(29(28)37)41-50(47,48)44-14-11-24(35)19-44/h5-8,15-17,24,41H,9-14,18-19H2,1-4H3,(H,38,39,40)/t24-/m1/s1. The third-order valence-electron chi connectivity index (χ3n) is 8.61. The van der Waals surface area contributed by atoms with Gasteiger partial charge in [-0.05, 0) is 74.9 Å². The number of aromatic nitrogens is 3. The Hall–Kier alpha value is -4.70. The Morgan fingerprint density at radius 1 is 1.10 bits per heavy atom. The minimum Gasteiger partial charge on any atom is -0.444 e. The molecule has 2 N–H and O–H groups in total. The maximum atomic E-state index is 15.7. The number of pyridine rings is 1. The van der Waals surface area contributed by atoms with Crippen molar-refractivity contribution < 1.29 is 31.1 Å². The van der Waals surface area contributed by atoms with E-state index in [9.17, 15) is 22.4 Å². The highest BCUT2D eigenvalue weighted by molar-refractivity contribution is 7.90. The summed E-state index contributed by atoms with van der Waals surface area (Å²) in [6.45, 7) is 6.55. The smallest absolute Gasteiger partial charge is 0.410 e. The molecule has 0 spiro atoms. The number of rotatable bonds is 8. The average Bonchev–Trinajstić information content (AvgIpc) is 3.51. The maximum absolute atomic E-state index is 15.7. The first-order valence-corrected chi connectivity index (χ1v) is 17.6. The summed E-state index contributed by atoms with van der Waals surface area (Å²) in [4.78, 5) is 36.5. The lowest BCUT2D eigenvalue weighted by Crippen LogP contribution is -2.39. The van der Waals surface area contributed by atoms with Gasteiger partial charge in [0, 0.05) is 51.4 Å². The molecular formula is C34H38F3N7O5S. The largest absolute Gasteiger partial charge is 0.444 e. The van der Waals surface area contributed by atoms with Crippen LogP contribution in [0.5, 0.6) is 0 Å². The second-order valence-corrected chi connectivity index (χ2v) is 15.1. The van der Waals surface area contributed by atoms with E-state index in [1.807, 2.05) is 26.8 Å². The van der Waals surface area contributed by atoms with Gasteiger partial charge in [-0.15, -0.1) is 0 Å². The number of amides is 1. The van der Waals surface area contributed by atoms with E-state index in [4.69, 9.17) is 4.74 Å². The lowest BCUT2D eigenvalue weighted by atomic mass is 9.96. The van der Waals surface area contributed by atoms with Crippen molar-refractivity contribution in [1.29, 1.82) is 0 Å². The van der Waals surface area contributed by atoms with Crippen molar-refractivity contribution in [2.24, 2.45) is 7.05 Å². The molecule has 12 nitrogen and oxygen atoms in total. The van der Waals surface area contributed by atoms with Crippen LogP contribution in [0.1, 0.15) is 43.9 Å². The molecule has 0 bridgehead atoms. The van der Waals surface area contributed by atoms with Gasteiger partial charge >= 0.3 is 16.3 Å². The number of ether oxygens (including phenoxy) is 1. The van der Waals surface area contributed by atoms with Crippen molar-refractivity contribution >= 4 is 39.0 Å². The number of nitrogens with one attached hydrogen (secondary N) is 2. The average molecular weight is 714 g/mol. The summed E-state index contributed by atoms with van der Waals surface area (Å²) in [7, 11) is -2.92. The third kappa shape index (κ3) is 7.40. The molecule has 2 aliphatic heterocycles. The second kappa shape index (κ2) is 13.5. The number of hydrogen-bond donors (Lipinski definition) is 2. The Balaban J connectivity index is 1.17. The number of aryl methyl sites for hydroxylation is 1. The fourth-order valence-corrected chi connectivity index (χ4v) is 7.33. The van der Waals surface area contributed by atoms with Gasteiger partial charge in [-0.3, -0.25) is 14.1 Å². The predicted molar refractivity (Wildman–Crippen MR) is 183 cm³/mol. The zero-order chi connectivity index (χ0) is 36.0. The molecule has 2 aromatic heterocycles. The summed E-state index contributed by atoms with van der Waals surface area (Å²) in [5, 5.41) is 3.46. The van der Waals surface area contributed by atoms with E-state index in [1.165, 1.54) is 24.9 Å². The van der Waals surface area contributed by atoms with E-state index < -0.39 is 50.4 Å². The summed E-state index contributed by atoms with van der Waals surface area (Å²) >= 11 is 0. The highest BCUT2D eigenvalue weighted by Crippen LogP contribution is 2.32. The van der Waals surface area contributed by atoms with Crippen molar-refractivity contribution in [2.75, 3.05) is 36.2 Å². The fourth-order valence-electron chi connectivity index (χ4n) is 6.07. The van der Waals surface area contributed by atoms with Crippen LogP contribution in [0.4, 0.5) is 29.6 Å². The Morgan fingerprint density at radius 2 is 1.88 bits per heavy atom. The summed E-state index contributed by atoms with van der Waals surface area (Å²) in [6, 6.07) is 9.20. The van der Waals surface area contributed by atoms with E-state index in [0.29, 0.717) is 31.4 Å². The first-order chi connectivity index (χ1) is 23.6. The molecule has 266 valence electrons. The van der Waals surface area contributed by atoms with Crippen molar-refractivity contribution in [3.8, 4) is 11.1 Å². The molecule has 0 radical (unpaired) electrons. The minimum absolute atomic E-state index is 0.0107. The van der Waals surface area contributed by atoms with Crippen LogP contribution in [-0.4, -0.2) is 76.2 Å². The molecule has 0 aliphatic carbocycles. The second-order valence-electron chi connectivity index (χ2n) is 13.5. The Morgan fingerprint density at radius 3 is 2.60 bits per heavy atom. The Kier molecular flexibility index (Phi) is 9.52. The van der Waals surface area contributed by atoms with Gasteiger partial charge in [-0.25, -0.2) is 22.9 Å². The molecule has 0 unspecified atom stereocenters. The number of alkyl halides is 1. The molecule has 2 aromatic carbocycles. The molecule has 6 rings (SSSR count). The van der Waals surface area contributed by atoms with Gasteiger partial charge < -0.3 is 15.0 Å². The van der Waals surface area contributed by atoms with E-state index in [-0.39, 0.29) is 42.8 Å². The summed E-state index contributed by atoms with van der Waals surface area (Å²) in [5.41, 5.74) is 0.488. The SMILES string of the molecule is Cn1c(=O)c(-c2c(F)ccc(NS(=O)(=O)N3CC[C@@H](F)C3)c2F)cc2cnc(NCCc3ccc4c(c3)CN(C(=O)OC(C)(C)C)CC4)nc21. The van der Waals surface area contributed by atoms with Crippen LogP contribution in [0.2, 0.25) is 0 Å². The van der Waals surface area contributed by atoms with E-state index in [0.717, 1.165) is 38.6 Å².